The second-order valence-electron chi connectivity index (χ2n) is 7.74. The van der Waals surface area contributed by atoms with E-state index in [2.05, 4.69) is 5.32 Å². The van der Waals surface area contributed by atoms with Crippen molar-refractivity contribution in [2.75, 3.05) is 24.7 Å². The van der Waals surface area contributed by atoms with Crippen molar-refractivity contribution < 1.29 is 22.7 Å². The van der Waals surface area contributed by atoms with Crippen LogP contribution < -0.4 is 19.1 Å². The zero-order valence-electron chi connectivity index (χ0n) is 17.2. The van der Waals surface area contributed by atoms with Gasteiger partial charge in [-0.25, -0.2) is 8.42 Å². The van der Waals surface area contributed by atoms with E-state index in [9.17, 15) is 13.2 Å². The van der Waals surface area contributed by atoms with Crippen molar-refractivity contribution in [3.8, 4) is 11.5 Å². The summed E-state index contributed by atoms with van der Waals surface area (Å²) in [6.45, 7) is 3.93. The highest BCUT2D eigenvalue weighted by Gasteiger charge is 2.35. The third-order valence-corrected chi connectivity index (χ3v) is 6.16. The number of ether oxygens (including phenoxy) is 2. The third-order valence-electron chi connectivity index (χ3n) is 4.97. The molecule has 1 heterocycles. The second kappa shape index (κ2) is 7.59. The maximum atomic E-state index is 13.1. The molecule has 0 radical (unpaired) electrons. The predicted octanol–water partition coefficient (Wildman–Crippen LogP) is 3.12. The molecule has 0 unspecified atom stereocenters. The number of hydrogen-bond donors (Lipinski definition) is 1. The molecule has 1 aliphatic rings. The molecule has 0 bridgehead atoms. The number of rotatable bonds is 5. The first-order valence-electron chi connectivity index (χ1n) is 9.22. The van der Waals surface area contributed by atoms with Gasteiger partial charge in [0.1, 0.15) is 17.1 Å². The van der Waals surface area contributed by atoms with Crippen LogP contribution in [-0.4, -0.2) is 40.3 Å². The smallest absolute Gasteiger partial charge is 0.253 e. The molecule has 29 heavy (non-hydrogen) atoms. The average molecular weight is 419 g/mol. The molecule has 2 aromatic carbocycles. The lowest BCUT2D eigenvalue weighted by molar-refractivity contribution is 0.0618. The fraction of sp³-hybridized carbons (Fsp3) is 0.381. The summed E-state index contributed by atoms with van der Waals surface area (Å²) >= 11 is 0. The Labute approximate surface area is 171 Å². The number of benzene rings is 2. The number of methoxy groups -OCH3 is 1. The van der Waals surface area contributed by atoms with Crippen LogP contribution >= 0.6 is 0 Å². The zero-order valence-corrected chi connectivity index (χ0v) is 18.0. The molecule has 7 nitrogen and oxygen atoms in total. The number of anilines is 1. The normalized spacial score (nSPS) is 17.6. The van der Waals surface area contributed by atoms with E-state index >= 15 is 0 Å². The Hall–Kier alpha value is -2.74. The molecular formula is C21H26N2O5S. The number of nitrogens with zero attached hydrogens (tertiary/aromatic N) is 1. The Morgan fingerprint density at radius 3 is 2.59 bits per heavy atom. The van der Waals surface area contributed by atoms with Gasteiger partial charge in [0.15, 0.2) is 0 Å². The molecule has 0 fully saturated rings. The van der Waals surface area contributed by atoms with Gasteiger partial charge in [0.2, 0.25) is 10.0 Å². The van der Waals surface area contributed by atoms with Gasteiger partial charge in [-0.15, -0.1) is 0 Å². The summed E-state index contributed by atoms with van der Waals surface area (Å²) in [4.78, 5) is 13.1. The van der Waals surface area contributed by atoms with Crippen LogP contribution in [0.5, 0.6) is 11.5 Å². The molecule has 1 aliphatic heterocycles. The van der Waals surface area contributed by atoms with E-state index in [0.29, 0.717) is 23.6 Å². The summed E-state index contributed by atoms with van der Waals surface area (Å²) in [5.74, 6) is 1.00. The lowest BCUT2D eigenvalue weighted by Crippen LogP contribution is -2.41. The van der Waals surface area contributed by atoms with Gasteiger partial charge in [0.25, 0.3) is 5.91 Å². The number of hydrogen-bond acceptors (Lipinski definition) is 5. The van der Waals surface area contributed by atoms with Gasteiger partial charge >= 0.3 is 0 Å². The van der Waals surface area contributed by atoms with Gasteiger partial charge in [-0.1, -0.05) is 12.1 Å². The molecule has 0 saturated carbocycles. The van der Waals surface area contributed by atoms with E-state index in [1.807, 2.05) is 32.0 Å². The summed E-state index contributed by atoms with van der Waals surface area (Å²) < 4.78 is 36.4. The Morgan fingerprint density at radius 2 is 1.93 bits per heavy atom. The fourth-order valence-electron chi connectivity index (χ4n) is 3.44. The average Bonchev–Trinajstić information content (AvgIpc) is 2.65. The van der Waals surface area contributed by atoms with Gasteiger partial charge < -0.3 is 14.8 Å². The molecule has 1 atom stereocenters. The molecule has 3 rings (SSSR count). The van der Waals surface area contributed by atoms with Crippen molar-refractivity contribution in [2.24, 2.45) is 0 Å². The van der Waals surface area contributed by atoms with Crippen molar-refractivity contribution >= 4 is 21.6 Å². The van der Waals surface area contributed by atoms with Gasteiger partial charge in [0, 0.05) is 19.0 Å². The number of carbonyl (C=O) groups excluding carboxylic acids is 1. The molecule has 0 saturated heterocycles. The highest BCUT2D eigenvalue weighted by atomic mass is 32.2. The Balaban J connectivity index is 1.96. The Bertz CT molecular complexity index is 1030. The molecule has 1 amide bonds. The zero-order chi connectivity index (χ0) is 21.4. The number of sulfonamides is 1. The van der Waals surface area contributed by atoms with Crippen LogP contribution in [0.2, 0.25) is 0 Å². The quantitative estimate of drug-likeness (QED) is 0.806. The van der Waals surface area contributed by atoms with Crippen molar-refractivity contribution in [3.63, 3.8) is 0 Å². The maximum Gasteiger partial charge on any atom is 0.253 e. The SMILES string of the molecule is COc1ccc2c(c1)[C@@H](NC(=O)c1ccccc1N(C)S(C)(=O)=O)CC(C)(C)O2. The summed E-state index contributed by atoms with van der Waals surface area (Å²) in [6.07, 6.45) is 1.66. The van der Waals surface area contributed by atoms with Gasteiger partial charge in [-0.05, 0) is 44.2 Å². The van der Waals surface area contributed by atoms with Crippen LogP contribution in [-0.2, 0) is 10.0 Å². The summed E-state index contributed by atoms with van der Waals surface area (Å²) in [5, 5.41) is 3.05. The molecular weight excluding hydrogens is 392 g/mol. The molecule has 0 aliphatic carbocycles. The van der Waals surface area contributed by atoms with Crippen molar-refractivity contribution in [2.45, 2.75) is 31.9 Å². The highest BCUT2D eigenvalue weighted by molar-refractivity contribution is 7.92. The third kappa shape index (κ3) is 4.48. The second-order valence-corrected chi connectivity index (χ2v) is 9.76. The number of nitrogens with one attached hydrogen (secondary N) is 1. The number of amides is 1. The maximum absolute atomic E-state index is 13.1. The lowest BCUT2D eigenvalue weighted by atomic mass is 9.89. The molecule has 0 spiro atoms. The minimum atomic E-state index is -3.50. The van der Waals surface area contributed by atoms with Crippen molar-refractivity contribution in [3.05, 3.63) is 53.6 Å². The van der Waals surface area contributed by atoms with Crippen molar-refractivity contribution in [1.29, 1.82) is 0 Å². The van der Waals surface area contributed by atoms with Crippen LogP contribution in [0.15, 0.2) is 42.5 Å². The first-order chi connectivity index (χ1) is 13.5. The van der Waals surface area contributed by atoms with E-state index in [4.69, 9.17) is 9.47 Å². The standard InChI is InChI=1S/C21H26N2O5S/c1-21(2)13-17(16-12-14(27-4)10-11-19(16)28-21)22-20(24)15-8-6-7-9-18(15)23(3)29(5,25)26/h6-12,17H,13H2,1-5H3,(H,22,24)/t17-/m0/s1. The van der Waals surface area contributed by atoms with Crippen LogP contribution in [0.3, 0.4) is 0 Å². The first kappa shape index (κ1) is 21.0. The largest absolute Gasteiger partial charge is 0.497 e. The van der Waals surface area contributed by atoms with Crippen LogP contribution in [0.1, 0.15) is 42.2 Å². The van der Waals surface area contributed by atoms with Crippen LogP contribution in [0, 0.1) is 0 Å². The molecule has 2 aromatic rings. The summed E-state index contributed by atoms with van der Waals surface area (Å²) in [6, 6.07) is 11.8. The van der Waals surface area contributed by atoms with E-state index < -0.39 is 15.6 Å². The highest BCUT2D eigenvalue weighted by Crippen LogP contribution is 2.41. The first-order valence-corrected chi connectivity index (χ1v) is 11.1. The van der Waals surface area contributed by atoms with E-state index in [-0.39, 0.29) is 17.5 Å². The Kier molecular flexibility index (Phi) is 5.49. The minimum absolute atomic E-state index is 0.286. The fourth-order valence-corrected chi connectivity index (χ4v) is 3.96. The van der Waals surface area contributed by atoms with E-state index in [1.54, 1.807) is 31.4 Å². The predicted molar refractivity (Wildman–Crippen MR) is 112 cm³/mol. The number of para-hydroxylation sites is 1. The van der Waals surface area contributed by atoms with Crippen LogP contribution in [0.25, 0.3) is 0 Å². The molecule has 1 N–H and O–H groups in total. The van der Waals surface area contributed by atoms with Gasteiger partial charge in [-0.3, -0.25) is 9.10 Å². The molecule has 156 valence electrons. The van der Waals surface area contributed by atoms with Gasteiger partial charge in [-0.2, -0.15) is 0 Å². The van der Waals surface area contributed by atoms with Crippen molar-refractivity contribution in [1.82, 2.24) is 5.32 Å². The number of fused-ring (bicyclic) bond motifs is 1. The number of carbonyl (C=O) groups is 1. The monoisotopic (exact) mass is 418 g/mol. The van der Waals surface area contributed by atoms with Crippen LogP contribution in [0.4, 0.5) is 5.69 Å². The topological polar surface area (TPSA) is 84.9 Å². The minimum Gasteiger partial charge on any atom is -0.497 e. The lowest BCUT2D eigenvalue weighted by Gasteiger charge is -2.38. The molecule has 8 heteroatoms. The summed E-state index contributed by atoms with van der Waals surface area (Å²) in [5.41, 5.74) is 0.965. The van der Waals surface area contributed by atoms with E-state index in [0.717, 1.165) is 16.1 Å². The Morgan fingerprint density at radius 1 is 1.24 bits per heavy atom. The van der Waals surface area contributed by atoms with Gasteiger partial charge in [0.05, 0.1) is 30.7 Å². The van der Waals surface area contributed by atoms with E-state index in [1.165, 1.54) is 7.05 Å². The summed E-state index contributed by atoms with van der Waals surface area (Å²) in [7, 11) is -0.491. The molecule has 0 aromatic heterocycles.